The lowest BCUT2D eigenvalue weighted by Gasteiger charge is -2.33. The third kappa shape index (κ3) is 5.09. The quantitative estimate of drug-likeness (QED) is 0.414. The second kappa shape index (κ2) is 8.74. The summed E-state index contributed by atoms with van der Waals surface area (Å²) in [6.45, 7) is 7.64. The fraction of sp³-hybridized carbons (Fsp3) is 0.737. The van der Waals surface area contributed by atoms with Crippen molar-refractivity contribution in [1.82, 2.24) is 14.9 Å². The molecule has 0 bridgehead atoms. The van der Waals surface area contributed by atoms with E-state index >= 15 is 0 Å². The number of aromatic nitrogens is 2. The Hall–Kier alpha value is -1.60. The molecule has 1 aromatic rings. The van der Waals surface area contributed by atoms with Crippen molar-refractivity contribution in [3.8, 4) is 0 Å². The van der Waals surface area contributed by atoms with E-state index in [1.54, 1.807) is 0 Å². The monoisotopic (exact) mass is 455 g/mol. The molecule has 2 aliphatic rings. The van der Waals surface area contributed by atoms with Gasteiger partial charge >= 0.3 is 7.12 Å². The highest BCUT2D eigenvalue weighted by molar-refractivity contribution is 7.91. The smallest absolute Gasteiger partial charge is 0.399 e. The van der Waals surface area contributed by atoms with Gasteiger partial charge in [0.15, 0.2) is 6.10 Å². The third-order valence-electron chi connectivity index (χ3n) is 6.20. The number of piperidine rings is 1. The maximum Gasteiger partial charge on any atom is 0.498 e. The van der Waals surface area contributed by atoms with Gasteiger partial charge in [0.1, 0.15) is 0 Å². The first kappa shape index (κ1) is 24.1. The van der Waals surface area contributed by atoms with Gasteiger partial charge in [-0.2, -0.15) is 0 Å². The largest absolute Gasteiger partial charge is 0.498 e. The summed E-state index contributed by atoms with van der Waals surface area (Å²) in [7, 11) is -4.46. The standard InChI is InChI=1S/C19H30BN3O7S/c1-18(2)19(3,4)30-20(29-18)14-8-21-17(22-9-14)31(27,28)12-13-6-5-7-23(10-13)16(26)15(25)11-24/h8-9,13,15,24-25H,5-7,10-12H2,1-4H3/t13-,15+/m1/s1. The Morgan fingerprint density at radius 1 is 1.26 bits per heavy atom. The van der Waals surface area contributed by atoms with E-state index in [2.05, 4.69) is 9.97 Å². The third-order valence-corrected chi connectivity index (χ3v) is 7.87. The van der Waals surface area contributed by atoms with E-state index in [9.17, 15) is 18.3 Å². The number of carbonyl (C=O) groups is 1. The fourth-order valence-electron chi connectivity index (χ4n) is 3.66. The van der Waals surface area contributed by atoms with Crippen LogP contribution in [0.3, 0.4) is 0 Å². The fourth-order valence-corrected chi connectivity index (χ4v) is 5.13. The highest BCUT2D eigenvalue weighted by atomic mass is 32.2. The van der Waals surface area contributed by atoms with Gasteiger partial charge < -0.3 is 24.4 Å². The molecule has 0 saturated carbocycles. The molecule has 172 valence electrons. The molecule has 2 N–H and O–H groups in total. The van der Waals surface area contributed by atoms with Crippen LogP contribution in [-0.4, -0.2) is 89.3 Å². The molecule has 1 aromatic heterocycles. The zero-order chi connectivity index (χ0) is 23.0. The Kier molecular flexibility index (Phi) is 6.78. The molecule has 12 heteroatoms. The van der Waals surface area contributed by atoms with Crippen molar-refractivity contribution >= 4 is 28.3 Å². The van der Waals surface area contributed by atoms with Crippen molar-refractivity contribution in [2.24, 2.45) is 5.92 Å². The summed E-state index contributed by atoms with van der Waals surface area (Å²) in [5, 5.41) is 18.2. The number of aliphatic hydroxyl groups excluding tert-OH is 2. The Balaban J connectivity index is 1.67. The molecule has 2 saturated heterocycles. The average molecular weight is 455 g/mol. The molecule has 2 atom stereocenters. The van der Waals surface area contributed by atoms with Gasteiger partial charge in [-0.3, -0.25) is 4.79 Å². The summed E-state index contributed by atoms with van der Waals surface area (Å²) in [5.74, 6) is -1.10. The van der Waals surface area contributed by atoms with Crippen LogP contribution in [0.25, 0.3) is 0 Å². The predicted octanol–water partition coefficient (Wildman–Crippen LogP) is -0.859. The van der Waals surface area contributed by atoms with Crippen molar-refractivity contribution in [2.75, 3.05) is 25.4 Å². The lowest BCUT2D eigenvalue weighted by Crippen LogP contribution is -2.47. The molecule has 3 rings (SSSR count). The van der Waals surface area contributed by atoms with E-state index in [1.807, 2.05) is 27.7 Å². The van der Waals surface area contributed by atoms with Gasteiger partial charge in [0.05, 0.1) is 23.6 Å². The molecule has 2 aliphatic heterocycles. The molecular formula is C19H30BN3O7S. The van der Waals surface area contributed by atoms with Crippen LogP contribution in [-0.2, 0) is 23.9 Å². The number of nitrogens with zero attached hydrogens (tertiary/aromatic N) is 3. The van der Waals surface area contributed by atoms with Gasteiger partial charge in [-0.25, -0.2) is 18.4 Å². The van der Waals surface area contributed by atoms with E-state index in [0.29, 0.717) is 24.8 Å². The first-order chi connectivity index (χ1) is 14.4. The van der Waals surface area contributed by atoms with Gasteiger partial charge in [-0.15, -0.1) is 0 Å². The number of hydrogen-bond donors (Lipinski definition) is 2. The van der Waals surface area contributed by atoms with E-state index in [-0.39, 0.29) is 23.4 Å². The molecular weight excluding hydrogens is 425 g/mol. The number of sulfone groups is 1. The average Bonchev–Trinajstić information content (AvgIpc) is 2.94. The Bertz CT molecular complexity index is 892. The molecule has 0 spiro atoms. The maximum absolute atomic E-state index is 12.8. The van der Waals surface area contributed by atoms with Crippen LogP contribution < -0.4 is 5.46 Å². The van der Waals surface area contributed by atoms with Crippen LogP contribution in [0.5, 0.6) is 0 Å². The van der Waals surface area contributed by atoms with Crippen molar-refractivity contribution < 1.29 is 32.7 Å². The topological polar surface area (TPSA) is 139 Å². The summed E-state index contributed by atoms with van der Waals surface area (Å²) in [6, 6.07) is 0. The highest BCUT2D eigenvalue weighted by Crippen LogP contribution is 2.36. The molecule has 3 heterocycles. The lowest BCUT2D eigenvalue weighted by atomic mass is 9.81. The second-order valence-corrected chi connectivity index (χ2v) is 11.1. The van der Waals surface area contributed by atoms with E-state index in [4.69, 9.17) is 14.4 Å². The van der Waals surface area contributed by atoms with Crippen molar-refractivity contribution in [1.29, 1.82) is 0 Å². The number of amides is 1. The molecule has 0 radical (unpaired) electrons. The number of aliphatic hydroxyl groups is 2. The minimum Gasteiger partial charge on any atom is -0.399 e. The van der Waals surface area contributed by atoms with E-state index < -0.39 is 46.8 Å². The van der Waals surface area contributed by atoms with Crippen LogP contribution in [0.4, 0.5) is 0 Å². The number of likely N-dealkylation sites (tertiary alicyclic amines) is 1. The molecule has 0 aromatic carbocycles. The molecule has 10 nitrogen and oxygen atoms in total. The molecule has 31 heavy (non-hydrogen) atoms. The predicted molar refractivity (Wildman–Crippen MR) is 112 cm³/mol. The summed E-state index contributed by atoms with van der Waals surface area (Å²) >= 11 is 0. The zero-order valence-corrected chi connectivity index (χ0v) is 19.1. The van der Waals surface area contributed by atoms with Crippen molar-refractivity contribution in [3.63, 3.8) is 0 Å². The minimum absolute atomic E-state index is 0.196. The van der Waals surface area contributed by atoms with E-state index in [0.717, 1.165) is 0 Å². The number of rotatable bonds is 6. The summed E-state index contributed by atoms with van der Waals surface area (Å²) in [4.78, 5) is 21.6. The van der Waals surface area contributed by atoms with Gasteiger partial charge in [-0.1, -0.05) is 0 Å². The molecule has 2 fully saturated rings. The Morgan fingerprint density at radius 2 is 1.84 bits per heavy atom. The second-order valence-electron chi connectivity index (χ2n) is 9.16. The van der Waals surface area contributed by atoms with Crippen LogP contribution >= 0.6 is 0 Å². The number of hydrogen-bond acceptors (Lipinski definition) is 9. The van der Waals surface area contributed by atoms with Crippen LogP contribution in [0, 0.1) is 5.92 Å². The number of carbonyl (C=O) groups excluding carboxylic acids is 1. The van der Waals surface area contributed by atoms with Crippen LogP contribution in [0.15, 0.2) is 17.6 Å². The van der Waals surface area contributed by atoms with Crippen molar-refractivity contribution in [3.05, 3.63) is 12.4 Å². The van der Waals surface area contributed by atoms with Gasteiger partial charge in [0, 0.05) is 30.9 Å². The maximum atomic E-state index is 12.8. The minimum atomic E-state index is -3.77. The molecule has 1 amide bonds. The van der Waals surface area contributed by atoms with Gasteiger partial charge in [0.2, 0.25) is 15.0 Å². The van der Waals surface area contributed by atoms with Gasteiger partial charge in [0.25, 0.3) is 5.91 Å². The molecule has 0 aliphatic carbocycles. The molecule has 0 unspecified atom stereocenters. The lowest BCUT2D eigenvalue weighted by molar-refractivity contribution is -0.143. The van der Waals surface area contributed by atoms with Crippen molar-refractivity contribution in [2.45, 2.75) is 63.0 Å². The Labute approximate surface area is 183 Å². The van der Waals surface area contributed by atoms with E-state index in [1.165, 1.54) is 17.3 Å². The zero-order valence-electron chi connectivity index (χ0n) is 18.3. The normalized spacial score (nSPS) is 24.3. The van der Waals surface area contributed by atoms with Crippen LogP contribution in [0.2, 0.25) is 0 Å². The summed E-state index contributed by atoms with van der Waals surface area (Å²) < 4.78 is 37.5. The first-order valence-corrected chi connectivity index (χ1v) is 12.0. The summed E-state index contributed by atoms with van der Waals surface area (Å²) in [5.41, 5.74) is -0.530. The first-order valence-electron chi connectivity index (χ1n) is 10.3. The SMILES string of the molecule is CC1(C)OB(c2cnc(S(=O)(=O)C[C@@H]3CCCN(C(=O)[C@@H](O)CO)C3)nc2)OC1(C)C. The van der Waals surface area contributed by atoms with Crippen LogP contribution in [0.1, 0.15) is 40.5 Å². The Morgan fingerprint density at radius 3 is 2.39 bits per heavy atom. The summed E-state index contributed by atoms with van der Waals surface area (Å²) in [6.07, 6.45) is 2.56. The van der Waals surface area contributed by atoms with Gasteiger partial charge in [-0.05, 0) is 46.5 Å². The highest BCUT2D eigenvalue weighted by Gasteiger charge is 2.52.